The molecule has 0 unspecified atom stereocenters. The van der Waals surface area contributed by atoms with E-state index in [0.717, 1.165) is 11.1 Å². The van der Waals surface area contributed by atoms with Gasteiger partial charge in [0.2, 0.25) is 0 Å². The summed E-state index contributed by atoms with van der Waals surface area (Å²) in [7, 11) is 0. The third-order valence-corrected chi connectivity index (χ3v) is 3.71. The van der Waals surface area contributed by atoms with Crippen molar-refractivity contribution in [1.29, 1.82) is 0 Å². The number of hydrogen-bond acceptors (Lipinski definition) is 6. The second kappa shape index (κ2) is 11.9. The first-order valence-corrected chi connectivity index (χ1v) is 8.92. The number of nitro groups is 1. The number of nitrogens with zero attached hydrogens (tertiary/aromatic N) is 1. The highest BCUT2D eigenvalue weighted by molar-refractivity contribution is 5.74. The zero-order chi connectivity index (χ0) is 20.9. The highest BCUT2D eigenvalue weighted by Gasteiger charge is 2.10. The average Bonchev–Trinajstić information content (AvgIpc) is 2.74. The summed E-state index contributed by atoms with van der Waals surface area (Å²) in [5.41, 5.74) is 1.66. The summed E-state index contributed by atoms with van der Waals surface area (Å²) >= 11 is 0. The zero-order valence-electron chi connectivity index (χ0n) is 16.0. The fourth-order valence-corrected chi connectivity index (χ4v) is 2.38. The van der Waals surface area contributed by atoms with Crippen LogP contribution in [-0.2, 0) is 9.47 Å². The van der Waals surface area contributed by atoms with Gasteiger partial charge >= 0.3 is 0 Å². The van der Waals surface area contributed by atoms with Crippen molar-refractivity contribution in [3.8, 4) is 11.5 Å². The molecule has 0 spiro atoms. The Hall–Kier alpha value is -3.74. The number of non-ortho nitro benzene ring substituents is 1. The molecule has 0 heterocycles. The number of hydrogen-bond donors (Lipinski definition) is 0. The van der Waals surface area contributed by atoms with Crippen molar-refractivity contribution >= 4 is 17.8 Å². The van der Waals surface area contributed by atoms with E-state index in [9.17, 15) is 10.1 Å². The Kier molecular flexibility index (Phi) is 8.82. The molecule has 7 heteroatoms. The monoisotopic (exact) mass is 397 g/mol. The standard InChI is InChI=1S/C22H23NO6/c1-3-26-14-16-28-21-7-5-6-19(22(21)29-17-15-27-4-2)11-8-18-9-12-20(13-10-18)23(24)25/h3-13H,1-2,14-17H2. The molecule has 152 valence electrons. The topological polar surface area (TPSA) is 80.1 Å². The lowest BCUT2D eigenvalue weighted by Crippen LogP contribution is -2.09. The van der Waals surface area contributed by atoms with E-state index in [4.69, 9.17) is 18.9 Å². The Labute approximate surface area is 169 Å². The minimum atomic E-state index is -0.429. The molecule has 2 aromatic carbocycles. The zero-order valence-corrected chi connectivity index (χ0v) is 16.0. The van der Waals surface area contributed by atoms with Gasteiger partial charge in [-0.3, -0.25) is 10.1 Å². The summed E-state index contributed by atoms with van der Waals surface area (Å²) in [6.07, 6.45) is 6.42. The molecule has 0 fully saturated rings. The van der Waals surface area contributed by atoms with Gasteiger partial charge in [0.1, 0.15) is 26.4 Å². The third-order valence-electron chi connectivity index (χ3n) is 3.71. The van der Waals surface area contributed by atoms with E-state index < -0.39 is 4.92 Å². The lowest BCUT2D eigenvalue weighted by atomic mass is 10.1. The molecule has 0 saturated carbocycles. The summed E-state index contributed by atoms with van der Waals surface area (Å²) in [6.45, 7) is 8.36. The van der Waals surface area contributed by atoms with Crippen LogP contribution in [0.25, 0.3) is 12.2 Å². The normalized spacial score (nSPS) is 10.3. The smallest absolute Gasteiger partial charge is 0.269 e. The van der Waals surface area contributed by atoms with Gasteiger partial charge < -0.3 is 18.9 Å². The first-order valence-electron chi connectivity index (χ1n) is 8.92. The first kappa shape index (κ1) is 21.6. The maximum absolute atomic E-state index is 10.8. The molecule has 0 aliphatic carbocycles. The highest BCUT2D eigenvalue weighted by Crippen LogP contribution is 2.33. The Balaban J connectivity index is 2.19. The largest absolute Gasteiger partial charge is 0.498 e. The minimum absolute atomic E-state index is 0.0468. The number of ether oxygens (including phenoxy) is 4. The van der Waals surface area contributed by atoms with E-state index in [1.54, 1.807) is 18.2 Å². The molecule has 0 aromatic heterocycles. The average molecular weight is 397 g/mol. The van der Waals surface area contributed by atoms with Crippen LogP contribution in [0.15, 0.2) is 68.1 Å². The van der Waals surface area contributed by atoms with Gasteiger partial charge in [-0.05, 0) is 23.8 Å². The molecule has 0 aliphatic heterocycles. The van der Waals surface area contributed by atoms with Crippen molar-refractivity contribution in [2.45, 2.75) is 0 Å². The SMILES string of the molecule is C=COCCOc1cccc(C=Cc2ccc([N+](=O)[O-])cc2)c1OCCOC=C. The first-order chi connectivity index (χ1) is 14.2. The van der Waals surface area contributed by atoms with E-state index in [-0.39, 0.29) is 5.69 Å². The summed E-state index contributed by atoms with van der Waals surface area (Å²) in [6, 6.07) is 11.8. The molecule has 2 rings (SSSR count). The summed E-state index contributed by atoms with van der Waals surface area (Å²) in [4.78, 5) is 10.3. The summed E-state index contributed by atoms with van der Waals surface area (Å²) in [5.74, 6) is 1.14. The number of para-hydroxylation sites is 1. The van der Waals surface area contributed by atoms with Crippen LogP contribution in [0, 0.1) is 10.1 Å². The van der Waals surface area contributed by atoms with Crippen molar-refractivity contribution in [3.63, 3.8) is 0 Å². The Morgan fingerprint density at radius 1 is 0.862 bits per heavy atom. The van der Waals surface area contributed by atoms with E-state index in [0.29, 0.717) is 37.9 Å². The lowest BCUT2D eigenvalue weighted by Gasteiger charge is -2.15. The summed E-state index contributed by atoms with van der Waals surface area (Å²) < 4.78 is 21.8. The molecule has 0 bridgehead atoms. The van der Waals surface area contributed by atoms with Gasteiger partial charge in [0.15, 0.2) is 11.5 Å². The number of benzene rings is 2. The third kappa shape index (κ3) is 7.06. The van der Waals surface area contributed by atoms with Crippen LogP contribution >= 0.6 is 0 Å². The predicted molar refractivity (Wildman–Crippen MR) is 112 cm³/mol. The van der Waals surface area contributed by atoms with Gasteiger partial charge in [-0.1, -0.05) is 37.4 Å². The van der Waals surface area contributed by atoms with Crippen LogP contribution in [-0.4, -0.2) is 31.4 Å². The predicted octanol–water partition coefficient (Wildman–Crippen LogP) is 4.84. The van der Waals surface area contributed by atoms with Crippen LogP contribution in [0.2, 0.25) is 0 Å². The van der Waals surface area contributed by atoms with Crippen LogP contribution in [0.5, 0.6) is 11.5 Å². The molecule has 0 N–H and O–H groups in total. The van der Waals surface area contributed by atoms with E-state index >= 15 is 0 Å². The van der Waals surface area contributed by atoms with Crippen molar-refractivity contribution in [3.05, 3.63) is 89.4 Å². The van der Waals surface area contributed by atoms with Crippen molar-refractivity contribution < 1.29 is 23.9 Å². The molecule has 0 saturated heterocycles. The van der Waals surface area contributed by atoms with Crippen molar-refractivity contribution in [2.24, 2.45) is 0 Å². The van der Waals surface area contributed by atoms with E-state index in [1.165, 1.54) is 24.7 Å². The molecule has 2 aromatic rings. The van der Waals surface area contributed by atoms with Gasteiger partial charge in [0, 0.05) is 17.7 Å². The van der Waals surface area contributed by atoms with E-state index in [1.807, 2.05) is 24.3 Å². The Morgan fingerprint density at radius 2 is 1.52 bits per heavy atom. The van der Waals surface area contributed by atoms with Gasteiger partial charge in [-0.25, -0.2) is 0 Å². The van der Waals surface area contributed by atoms with Gasteiger partial charge in [-0.2, -0.15) is 0 Å². The molecule has 0 radical (unpaired) electrons. The van der Waals surface area contributed by atoms with Gasteiger partial charge in [-0.15, -0.1) is 0 Å². The summed E-state index contributed by atoms with van der Waals surface area (Å²) in [5, 5.41) is 10.8. The molecule has 29 heavy (non-hydrogen) atoms. The molecule has 0 atom stereocenters. The molecule has 0 amide bonds. The second-order valence-corrected chi connectivity index (χ2v) is 5.63. The number of nitro benzene ring substituents is 1. The Morgan fingerprint density at radius 3 is 2.14 bits per heavy atom. The van der Waals surface area contributed by atoms with Crippen LogP contribution in [0.3, 0.4) is 0 Å². The fourth-order valence-electron chi connectivity index (χ4n) is 2.38. The fraction of sp³-hybridized carbons (Fsp3) is 0.182. The van der Waals surface area contributed by atoms with Crippen LogP contribution in [0.1, 0.15) is 11.1 Å². The maximum atomic E-state index is 10.8. The van der Waals surface area contributed by atoms with E-state index in [2.05, 4.69) is 13.2 Å². The molecule has 7 nitrogen and oxygen atoms in total. The second-order valence-electron chi connectivity index (χ2n) is 5.63. The molecule has 0 aliphatic rings. The quantitative estimate of drug-likeness (QED) is 0.158. The number of rotatable bonds is 13. The highest BCUT2D eigenvalue weighted by atomic mass is 16.6. The molecular formula is C22H23NO6. The minimum Gasteiger partial charge on any atom is -0.498 e. The maximum Gasteiger partial charge on any atom is 0.269 e. The molecular weight excluding hydrogens is 374 g/mol. The Bertz CT molecular complexity index is 845. The van der Waals surface area contributed by atoms with Crippen LogP contribution < -0.4 is 9.47 Å². The van der Waals surface area contributed by atoms with Crippen molar-refractivity contribution in [2.75, 3.05) is 26.4 Å². The lowest BCUT2D eigenvalue weighted by molar-refractivity contribution is -0.384. The van der Waals surface area contributed by atoms with Crippen LogP contribution in [0.4, 0.5) is 5.69 Å². The van der Waals surface area contributed by atoms with Crippen molar-refractivity contribution in [1.82, 2.24) is 0 Å². The van der Waals surface area contributed by atoms with Gasteiger partial charge in [0.25, 0.3) is 5.69 Å². The van der Waals surface area contributed by atoms with Gasteiger partial charge in [0.05, 0.1) is 17.4 Å².